The van der Waals surface area contributed by atoms with Crippen LogP contribution in [0, 0.1) is 0 Å². The van der Waals surface area contributed by atoms with Crippen molar-refractivity contribution >= 4 is 0 Å². The summed E-state index contributed by atoms with van der Waals surface area (Å²) in [5.74, 6) is 0. The van der Waals surface area contributed by atoms with E-state index in [-0.39, 0.29) is 5.60 Å². The third kappa shape index (κ3) is 2.13. The zero-order valence-electron chi connectivity index (χ0n) is 10.0. The summed E-state index contributed by atoms with van der Waals surface area (Å²) in [5.41, 5.74) is 0.593. The fourth-order valence-corrected chi connectivity index (χ4v) is 2.60. The maximum atomic E-state index is 10.3. The van der Waals surface area contributed by atoms with Gasteiger partial charge in [-0.2, -0.15) is 5.10 Å². The molecular formula is C12H20N2O2. The number of nitrogens with zero attached hydrogens (tertiary/aromatic N) is 2. The minimum absolute atomic E-state index is 0.336. The highest BCUT2D eigenvalue weighted by atomic mass is 16.5. The van der Waals surface area contributed by atoms with Crippen LogP contribution in [0.5, 0.6) is 0 Å². The van der Waals surface area contributed by atoms with Gasteiger partial charge < -0.3 is 9.84 Å². The standard InChI is InChI=1S/C12H20N2O2/c1-14-8-5-10(13-14)9-11(15)12(16-2)6-3-4-7-12/h5,8,11,15H,3-4,6-7,9H2,1-2H3. The van der Waals surface area contributed by atoms with Crippen LogP contribution in [0.25, 0.3) is 0 Å². The monoisotopic (exact) mass is 224 g/mol. The van der Waals surface area contributed by atoms with Gasteiger partial charge >= 0.3 is 0 Å². The van der Waals surface area contributed by atoms with E-state index < -0.39 is 6.10 Å². The first-order valence-corrected chi connectivity index (χ1v) is 5.88. The maximum absolute atomic E-state index is 10.3. The number of aliphatic hydroxyl groups is 1. The lowest BCUT2D eigenvalue weighted by Gasteiger charge is -2.32. The van der Waals surface area contributed by atoms with Gasteiger partial charge in [-0.3, -0.25) is 4.68 Å². The van der Waals surface area contributed by atoms with Crippen molar-refractivity contribution in [3.63, 3.8) is 0 Å². The van der Waals surface area contributed by atoms with E-state index in [0.717, 1.165) is 31.4 Å². The summed E-state index contributed by atoms with van der Waals surface area (Å²) in [6, 6.07) is 1.95. The van der Waals surface area contributed by atoms with E-state index in [0.29, 0.717) is 6.42 Å². The minimum atomic E-state index is -0.449. The first kappa shape index (κ1) is 11.6. The van der Waals surface area contributed by atoms with Crippen molar-refractivity contribution in [2.75, 3.05) is 7.11 Å². The molecule has 4 heteroatoms. The molecule has 1 atom stereocenters. The van der Waals surface area contributed by atoms with E-state index in [1.54, 1.807) is 11.8 Å². The number of methoxy groups -OCH3 is 1. The summed E-state index contributed by atoms with van der Waals surface area (Å²) in [5, 5.41) is 14.6. The van der Waals surface area contributed by atoms with Crippen LogP contribution in [0.15, 0.2) is 12.3 Å². The van der Waals surface area contributed by atoms with E-state index in [1.807, 2.05) is 19.3 Å². The fourth-order valence-electron chi connectivity index (χ4n) is 2.60. The largest absolute Gasteiger partial charge is 0.390 e. The number of aryl methyl sites for hydroxylation is 1. The Labute approximate surface area is 96.2 Å². The molecule has 0 saturated heterocycles. The molecule has 0 aliphatic heterocycles. The van der Waals surface area contributed by atoms with E-state index >= 15 is 0 Å². The Bertz CT molecular complexity index is 343. The molecule has 1 fully saturated rings. The molecular weight excluding hydrogens is 204 g/mol. The van der Waals surface area contributed by atoms with E-state index in [2.05, 4.69) is 5.10 Å². The molecule has 0 spiro atoms. The Morgan fingerprint density at radius 3 is 2.75 bits per heavy atom. The molecule has 2 rings (SSSR count). The Kier molecular flexibility index (Phi) is 3.30. The molecule has 1 aromatic rings. The van der Waals surface area contributed by atoms with Gasteiger partial charge in [0.05, 0.1) is 17.4 Å². The van der Waals surface area contributed by atoms with Gasteiger partial charge in [0.15, 0.2) is 0 Å². The highest BCUT2D eigenvalue weighted by Crippen LogP contribution is 2.36. The lowest BCUT2D eigenvalue weighted by atomic mass is 9.91. The number of rotatable bonds is 4. The highest BCUT2D eigenvalue weighted by molar-refractivity contribution is 5.04. The van der Waals surface area contributed by atoms with Gasteiger partial charge in [-0.25, -0.2) is 0 Å². The van der Waals surface area contributed by atoms with Crippen LogP contribution in [0.2, 0.25) is 0 Å². The highest BCUT2D eigenvalue weighted by Gasteiger charge is 2.40. The second kappa shape index (κ2) is 4.55. The molecule has 0 bridgehead atoms. The fraction of sp³-hybridized carbons (Fsp3) is 0.750. The van der Waals surface area contributed by atoms with Crippen molar-refractivity contribution in [1.82, 2.24) is 9.78 Å². The molecule has 0 amide bonds. The first-order chi connectivity index (χ1) is 7.66. The molecule has 1 heterocycles. The molecule has 0 radical (unpaired) electrons. The normalized spacial score (nSPS) is 21.2. The number of aliphatic hydroxyl groups excluding tert-OH is 1. The van der Waals surface area contributed by atoms with Crippen LogP contribution < -0.4 is 0 Å². The van der Waals surface area contributed by atoms with Gasteiger partial charge in [0.2, 0.25) is 0 Å². The summed E-state index contributed by atoms with van der Waals surface area (Å²) in [7, 11) is 3.59. The molecule has 0 aromatic carbocycles. The predicted octanol–water partition coefficient (Wildman–Crippen LogP) is 1.28. The third-order valence-corrected chi connectivity index (χ3v) is 3.64. The summed E-state index contributed by atoms with van der Waals surface area (Å²) in [6.07, 6.45) is 6.23. The molecule has 1 saturated carbocycles. The number of ether oxygens (including phenoxy) is 1. The molecule has 1 aliphatic carbocycles. The summed E-state index contributed by atoms with van der Waals surface area (Å²) < 4.78 is 7.32. The molecule has 1 aliphatic rings. The SMILES string of the molecule is COC1(C(O)Cc2ccn(C)n2)CCCC1. The molecule has 4 nitrogen and oxygen atoms in total. The van der Waals surface area contributed by atoms with Gasteiger partial charge in [0, 0.05) is 26.8 Å². The van der Waals surface area contributed by atoms with Gasteiger partial charge in [-0.15, -0.1) is 0 Å². The Morgan fingerprint density at radius 1 is 1.56 bits per heavy atom. The van der Waals surface area contributed by atoms with Crippen molar-refractivity contribution in [3.05, 3.63) is 18.0 Å². The number of hydrogen-bond acceptors (Lipinski definition) is 3. The van der Waals surface area contributed by atoms with Crippen LogP contribution in [-0.4, -0.2) is 33.7 Å². The Morgan fingerprint density at radius 2 is 2.25 bits per heavy atom. The first-order valence-electron chi connectivity index (χ1n) is 5.88. The lowest BCUT2D eigenvalue weighted by Crippen LogP contribution is -2.43. The van der Waals surface area contributed by atoms with Gasteiger partial charge in [0.25, 0.3) is 0 Å². The average Bonchev–Trinajstić information content (AvgIpc) is 2.88. The molecule has 1 unspecified atom stereocenters. The Hall–Kier alpha value is -0.870. The second-order valence-corrected chi connectivity index (χ2v) is 4.68. The summed E-state index contributed by atoms with van der Waals surface area (Å²) >= 11 is 0. The van der Waals surface area contributed by atoms with Crippen LogP contribution in [0.4, 0.5) is 0 Å². The predicted molar refractivity (Wildman–Crippen MR) is 61.1 cm³/mol. The summed E-state index contributed by atoms with van der Waals surface area (Å²) in [4.78, 5) is 0. The zero-order chi connectivity index (χ0) is 11.6. The second-order valence-electron chi connectivity index (χ2n) is 4.68. The molecule has 90 valence electrons. The molecule has 1 N–H and O–H groups in total. The quantitative estimate of drug-likeness (QED) is 0.838. The average molecular weight is 224 g/mol. The Balaban J connectivity index is 2.03. The van der Waals surface area contributed by atoms with Crippen LogP contribution in [0.1, 0.15) is 31.4 Å². The topological polar surface area (TPSA) is 47.3 Å². The summed E-state index contributed by atoms with van der Waals surface area (Å²) in [6.45, 7) is 0. The van der Waals surface area contributed by atoms with Crippen LogP contribution >= 0.6 is 0 Å². The van der Waals surface area contributed by atoms with E-state index in [9.17, 15) is 5.11 Å². The number of aromatic nitrogens is 2. The minimum Gasteiger partial charge on any atom is -0.390 e. The number of hydrogen-bond donors (Lipinski definition) is 1. The van der Waals surface area contributed by atoms with E-state index in [4.69, 9.17) is 4.74 Å². The van der Waals surface area contributed by atoms with Crippen molar-refractivity contribution in [3.8, 4) is 0 Å². The smallest absolute Gasteiger partial charge is 0.0940 e. The molecule has 16 heavy (non-hydrogen) atoms. The lowest BCUT2D eigenvalue weighted by molar-refractivity contribution is -0.0974. The maximum Gasteiger partial charge on any atom is 0.0940 e. The van der Waals surface area contributed by atoms with Crippen LogP contribution in [-0.2, 0) is 18.2 Å². The third-order valence-electron chi connectivity index (χ3n) is 3.64. The molecule has 1 aromatic heterocycles. The zero-order valence-corrected chi connectivity index (χ0v) is 10.0. The van der Waals surface area contributed by atoms with Crippen LogP contribution in [0.3, 0.4) is 0 Å². The van der Waals surface area contributed by atoms with Gasteiger partial charge in [0.1, 0.15) is 0 Å². The van der Waals surface area contributed by atoms with Gasteiger partial charge in [-0.1, -0.05) is 12.8 Å². The van der Waals surface area contributed by atoms with Crippen molar-refractivity contribution in [2.45, 2.75) is 43.8 Å². The van der Waals surface area contributed by atoms with Crippen molar-refractivity contribution in [1.29, 1.82) is 0 Å². The van der Waals surface area contributed by atoms with E-state index in [1.165, 1.54) is 0 Å². The van der Waals surface area contributed by atoms with Crippen molar-refractivity contribution < 1.29 is 9.84 Å². The van der Waals surface area contributed by atoms with Gasteiger partial charge in [-0.05, 0) is 18.9 Å². The van der Waals surface area contributed by atoms with Crippen molar-refractivity contribution in [2.24, 2.45) is 7.05 Å².